The molecule has 0 saturated heterocycles. The fourth-order valence-electron chi connectivity index (χ4n) is 8.93. The molecule has 0 aliphatic rings. The number of amides is 4. The number of nitrogens with one attached hydrogen (secondary N) is 2. The molecule has 11 nitrogen and oxygen atoms in total. The average Bonchev–Trinajstić information content (AvgIpc) is 3.35. The van der Waals surface area contributed by atoms with E-state index in [-0.39, 0.29) is 35.5 Å². The Morgan fingerprint density at radius 1 is 0.431 bits per heavy atom. The Hall–Kier alpha value is -3.28. The molecule has 0 bridgehead atoms. The van der Waals surface area contributed by atoms with Crippen molar-refractivity contribution in [3.63, 3.8) is 0 Å². The van der Waals surface area contributed by atoms with Gasteiger partial charge < -0.3 is 34.8 Å². The average molecular weight is 1010 g/mol. The van der Waals surface area contributed by atoms with Crippen molar-refractivity contribution in [2.75, 3.05) is 72.7 Å². The summed E-state index contributed by atoms with van der Waals surface area (Å²) in [6.07, 6.45) is 45.4. The van der Waals surface area contributed by atoms with Crippen molar-refractivity contribution in [3.8, 4) is 0 Å². The van der Waals surface area contributed by atoms with Gasteiger partial charge in [0.2, 0.25) is 23.6 Å². The first-order valence-corrected chi connectivity index (χ1v) is 29.5. The third-order valence-corrected chi connectivity index (χ3v) is 13.2. The Balaban J connectivity index is 5.07. The summed E-state index contributed by atoms with van der Waals surface area (Å²) in [7, 11) is 1.97. The first-order valence-electron chi connectivity index (χ1n) is 29.5. The van der Waals surface area contributed by atoms with Crippen LogP contribution in [0.15, 0.2) is 48.6 Å². The van der Waals surface area contributed by atoms with Gasteiger partial charge in [0.25, 0.3) is 0 Å². The van der Waals surface area contributed by atoms with Gasteiger partial charge in [-0.1, -0.05) is 154 Å². The Kier molecular flexibility index (Phi) is 47.6. The van der Waals surface area contributed by atoms with Crippen molar-refractivity contribution in [1.82, 2.24) is 25.3 Å². The van der Waals surface area contributed by atoms with E-state index in [0.29, 0.717) is 91.4 Å². The summed E-state index contributed by atoms with van der Waals surface area (Å²) in [6, 6.07) is -1.13. The minimum Gasteiger partial charge on any atom is -0.382 e. The second-order valence-corrected chi connectivity index (χ2v) is 20.5. The molecule has 418 valence electrons. The van der Waals surface area contributed by atoms with Crippen molar-refractivity contribution in [1.29, 1.82) is 0 Å². The number of ether oxygens (including phenoxy) is 2. The number of hydrogen-bond donors (Lipinski definition) is 2. The lowest BCUT2D eigenvalue weighted by molar-refractivity contribution is -0.142. The number of likely N-dealkylation sites (N-methyl/N-ethyl adjacent to an activating group) is 1. The summed E-state index contributed by atoms with van der Waals surface area (Å²) in [5.74, 6) is -0.309. The van der Waals surface area contributed by atoms with Crippen LogP contribution >= 0.6 is 0 Å². The zero-order chi connectivity index (χ0) is 53.3. The van der Waals surface area contributed by atoms with Crippen LogP contribution in [0.1, 0.15) is 222 Å². The van der Waals surface area contributed by atoms with Crippen molar-refractivity contribution in [3.05, 3.63) is 48.6 Å². The predicted molar refractivity (Wildman–Crippen MR) is 305 cm³/mol. The van der Waals surface area contributed by atoms with E-state index < -0.39 is 12.1 Å². The van der Waals surface area contributed by atoms with Gasteiger partial charge in [-0.25, -0.2) is 0 Å². The summed E-state index contributed by atoms with van der Waals surface area (Å²) in [6.45, 7) is 21.8. The van der Waals surface area contributed by atoms with Crippen molar-refractivity contribution >= 4 is 23.6 Å². The molecule has 2 atom stereocenters. The maximum Gasteiger partial charge on any atom is 0.243 e. The second kappa shape index (κ2) is 49.9. The molecule has 4 amide bonds. The number of carbonyl (C=O) groups is 4. The largest absolute Gasteiger partial charge is 0.382 e. The maximum atomic E-state index is 13.8. The standard InChI is InChI=1S/C61H113N5O6/c1-10-14-16-18-20-22-24-26-28-30-32-34-36-38-40-44-56(67)65(48-42-52-71-12-3)58(54(5)6)60(69)62-46-50-64(9)51-47-63-61(70)59(55(7)8)66(49-43-53-72-13-4)57(68)45-41-39-37-35-33-31-29-27-25-23-21-19-17-15-11-2/h20-23,26-29,54-55,58-59H,10-19,24-25,30-53H2,1-9H3,(H,62,69)(H,63,70)/b22-20-,23-21-,28-26-,29-27-. The lowest BCUT2D eigenvalue weighted by Crippen LogP contribution is -2.54. The van der Waals surface area contributed by atoms with E-state index in [9.17, 15) is 19.2 Å². The minimum absolute atomic E-state index is 0.0367. The third kappa shape index (κ3) is 38.3. The number of hydrogen-bond acceptors (Lipinski definition) is 7. The highest BCUT2D eigenvalue weighted by atomic mass is 16.5. The Morgan fingerprint density at radius 2 is 0.764 bits per heavy atom. The number of rotatable bonds is 50. The molecule has 11 heteroatoms. The SMILES string of the molecule is CCCCC/C=C\C/C=C\CCCCCCCC(=O)N(CCCOCC)C(C(=O)NCCN(C)CCNC(=O)C(C(C)C)N(CCCOCC)C(=O)CCCCCCC/C=C\C/C=C\CCCCC)C(C)C. The van der Waals surface area contributed by atoms with Crippen LogP contribution in [0.4, 0.5) is 0 Å². The predicted octanol–water partition coefficient (Wildman–Crippen LogP) is 13.3. The summed E-state index contributed by atoms with van der Waals surface area (Å²) >= 11 is 0. The van der Waals surface area contributed by atoms with Crippen LogP contribution in [0.25, 0.3) is 0 Å². The Bertz CT molecular complexity index is 1330. The van der Waals surface area contributed by atoms with Gasteiger partial charge in [0, 0.05) is 78.5 Å². The fraction of sp³-hybridized carbons (Fsp3) is 0.803. The first kappa shape index (κ1) is 68.7. The summed E-state index contributed by atoms with van der Waals surface area (Å²) in [5, 5.41) is 6.26. The normalized spacial score (nSPS) is 12.9. The van der Waals surface area contributed by atoms with Crippen molar-refractivity contribution in [2.24, 2.45) is 11.8 Å². The minimum atomic E-state index is -0.566. The molecule has 72 heavy (non-hydrogen) atoms. The van der Waals surface area contributed by atoms with Gasteiger partial charge in [0.1, 0.15) is 12.1 Å². The van der Waals surface area contributed by atoms with Gasteiger partial charge >= 0.3 is 0 Å². The Morgan fingerprint density at radius 3 is 1.10 bits per heavy atom. The smallest absolute Gasteiger partial charge is 0.243 e. The van der Waals surface area contributed by atoms with E-state index in [0.717, 1.165) is 77.0 Å². The van der Waals surface area contributed by atoms with Gasteiger partial charge in [-0.15, -0.1) is 0 Å². The van der Waals surface area contributed by atoms with Crippen LogP contribution in [0.2, 0.25) is 0 Å². The third-order valence-electron chi connectivity index (χ3n) is 13.2. The second-order valence-electron chi connectivity index (χ2n) is 20.5. The van der Waals surface area contributed by atoms with Gasteiger partial charge in [0.05, 0.1) is 0 Å². The highest BCUT2D eigenvalue weighted by Crippen LogP contribution is 2.19. The molecular weight excluding hydrogens is 899 g/mol. The van der Waals surface area contributed by atoms with E-state index in [1.54, 1.807) is 9.80 Å². The summed E-state index contributed by atoms with van der Waals surface area (Å²) < 4.78 is 11.2. The topological polar surface area (TPSA) is 121 Å². The van der Waals surface area contributed by atoms with Gasteiger partial charge in [-0.2, -0.15) is 0 Å². The van der Waals surface area contributed by atoms with E-state index in [4.69, 9.17) is 9.47 Å². The van der Waals surface area contributed by atoms with Crippen LogP contribution in [0.3, 0.4) is 0 Å². The number of unbranched alkanes of at least 4 members (excludes halogenated alkanes) is 16. The van der Waals surface area contributed by atoms with E-state index >= 15 is 0 Å². The summed E-state index contributed by atoms with van der Waals surface area (Å²) in [4.78, 5) is 60.9. The number of nitrogens with zero attached hydrogens (tertiary/aromatic N) is 3. The lowest BCUT2D eigenvalue weighted by Gasteiger charge is -2.34. The summed E-state index contributed by atoms with van der Waals surface area (Å²) in [5.41, 5.74) is 0. The van der Waals surface area contributed by atoms with Crippen molar-refractivity contribution < 1.29 is 28.7 Å². The van der Waals surface area contributed by atoms with Crippen LogP contribution in [0.5, 0.6) is 0 Å². The molecular formula is C61H113N5O6. The monoisotopic (exact) mass is 1010 g/mol. The molecule has 2 N–H and O–H groups in total. The van der Waals surface area contributed by atoms with Gasteiger partial charge in [-0.05, 0) is 123 Å². The molecule has 0 saturated carbocycles. The molecule has 0 fully saturated rings. The molecule has 0 aromatic carbocycles. The molecule has 0 rings (SSSR count). The molecule has 0 aromatic rings. The molecule has 0 spiro atoms. The highest BCUT2D eigenvalue weighted by molar-refractivity contribution is 5.88. The molecule has 0 radical (unpaired) electrons. The van der Waals surface area contributed by atoms with Crippen LogP contribution in [-0.2, 0) is 28.7 Å². The fourth-order valence-corrected chi connectivity index (χ4v) is 8.93. The van der Waals surface area contributed by atoms with E-state index in [2.05, 4.69) is 78.0 Å². The highest BCUT2D eigenvalue weighted by Gasteiger charge is 2.33. The Labute approximate surface area is 443 Å². The lowest BCUT2D eigenvalue weighted by atomic mass is 10.00. The zero-order valence-corrected chi connectivity index (χ0v) is 48.2. The van der Waals surface area contributed by atoms with Gasteiger partial charge in [-0.3, -0.25) is 19.2 Å². The first-order chi connectivity index (χ1) is 35.0. The molecule has 0 aromatic heterocycles. The zero-order valence-electron chi connectivity index (χ0n) is 48.2. The van der Waals surface area contributed by atoms with E-state index in [1.165, 1.54) is 64.2 Å². The van der Waals surface area contributed by atoms with Crippen LogP contribution in [0, 0.1) is 11.8 Å². The van der Waals surface area contributed by atoms with Crippen LogP contribution in [-0.4, -0.2) is 123 Å². The molecule has 0 heterocycles. The number of carbonyl (C=O) groups excluding carboxylic acids is 4. The molecule has 0 aliphatic carbocycles. The van der Waals surface area contributed by atoms with Gasteiger partial charge in [0.15, 0.2) is 0 Å². The molecule has 0 aliphatic heterocycles. The molecule has 2 unspecified atom stereocenters. The van der Waals surface area contributed by atoms with Crippen molar-refractivity contribution in [2.45, 2.75) is 234 Å². The number of allylic oxidation sites excluding steroid dienone is 8. The quantitative estimate of drug-likeness (QED) is 0.0460. The maximum absolute atomic E-state index is 13.8. The van der Waals surface area contributed by atoms with Crippen LogP contribution < -0.4 is 10.6 Å². The van der Waals surface area contributed by atoms with E-state index in [1.807, 2.05) is 48.6 Å².